The molecule has 1 atom stereocenters. The molecule has 2 aromatic carbocycles. The molecule has 1 amide bonds. The van der Waals surface area contributed by atoms with Crippen molar-refractivity contribution in [3.05, 3.63) is 52.1 Å². The molecule has 31 heavy (non-hydrogen) atoms. The molecule has 0 radical (unpaired) electrons. The number of benzene rings is 2. The highest BCUT2D eigenvalue weighted by Gasteiger charge is 2.22. The number of nitro groups is 1. The maximum absolute atomic E-state index is 12.8. The zero-order chi connectivity index (χ0) is 22.5. The number of carbonyl (C=O) groups excluding carboxylic acids is 1. The Kier molecular flexibility index (Phi) is 6.70. The molecule has 1 N–H and O–H groups in total. The Balaban J connectivity index is 1.81. The minimum Gasteiger partial charge on any atom is -0.495 e. The van der Waals surface area contributed by atoms with Gasteiger partial charge in [0, 0.05) is 12.1 Å². The SMILES string of the molecule is COc1ccc([N+](=O)[O-])cc1NC(=O)C(C)Sc1nnnn1-c1cc(C)ccc1OC. The minimum absolute atomic E-state index is 0.160. The third-order valence-electron chi connectivity index (χ3n) is 4.31. The second-order valence-corrected chi connectivity index (χ2v) is 7.75. The Bertz CT molecular complexity index is 1120. The fourth-order valence-electron chi connectivity index (χ4n) is 2.72. The van der Waals surface area contributed by atoms with E-state index in [2.05, 4.69) is 20.8 Å². The number of rotatable bonds is 8. The number of nitro benzene ring substituents is 1. The van der Waals surface area contributed by atoms with Gasteiger partial charge in [-0.05, 0) is 48.0 Å². The smallest absolute Gasteiger partial charge is 0.271 e. The molecule has 1 unspecified atom stereocenters. The van der Waals surface area contributed by atoms with Crippen LogP contribution in [0.3, 0.4) is 0 Å². The summed E-state index contributed by atoms with van der Waals surface area (Å²) in [6, 6.07) is 9.56. The molecule has 0 aliphatic carbocycles. The third-order valence-corrected chi connectivity index (χ3v) is 5.34. The molecule has 12 heteroatoms. The molecular weight excluding hydrogens is 424 g/mol. The molecule has 3 rings (SSSR count). The van der Waals surface area contributed by atoms with Crippen LogP contribution in [0.2, 0.25) is 0 Å². The first-order valence-corrected chi connectivity index (χ1v) is 9.95. The summed E-state index contributed by atoms with van der Waals surface area (Å²) in [4.78, 5) is 23.3. The van der Waals surface area contributed by atoms with Gasteiger partial charge in [0.25, 0.3) is 5.69 Å². The van der Waals surface area contributed by atoms with Gasteiger partial charge in [-0.2, -0.15) is 4.68 Å². The van der Waals surface area contributed by atoms with Crippen molar-refractivity contribution in [3.63, 3.8) is 0 Å². The van der Waals surface area contributed by atoms with E-state index in [1.165, 1.54) is 30.0 Å². The zero-order valence-electron chi connectivity index (χ0n) is 17.2. The number of non-ortho nitro benzene ring substituents is 1. The summed E-state index contributed by atoms with van der Waals surface area (Å²) in [7, 11) is 2.96. The van der Waals surface area contributed by atoms with Crippen LogP contribution in [0.25, 0.3) is 5.69 Å². The van der Waals surface area contributed by atoms with E-state index in [0.29, 0.717) is 22.3 Å². The normalized spacial score (nSPS) is 11.6. The Hall–Kier alpha value is -3.67. The molecule has 0 bridgehead atoms. The zero-order valence-corrected chi connectivity index (χ0v) is 18.0. The number of aromatic nitrogens is 4. The van der Waals surface area contributed by atoms with Crippen LogP contribution in [-0.4, -0.2) is 50.5 Å². The number of nitrogens with one attached hydrogen (secondary N) is 1. The standard InChI is InChI=1S/C19H20N6O5S/c1-11-5-7-17(30-4)15(9-11)24-19(21-22-23-24)31-12(2)18(26)20-14-10-13(25(27)28)6-8-16(14)29-3/h5-10,12H,1-4H3,(H,20,26). The largest absolute Gasteiger partial charge is 0.495 e. The van der Waals surface area contributed by atoms with Gasteiger partial charge in [0.15, 0.2) is 0 Å². The summed E-state index contributed by atoms with van der Waals surface area (Å²) in [5.74, 6) is 0.498. The number of nitrogens with zero attached hydrogens (tertiary/aromatic N) is 5. The monoisotopic (exact) mass is 444 g/mol. The molecule has 11 nitrogen and oxygen atoms in total. The number of hydrogen-bond donors (Lipinski definition) is 1. The Morgan fingerprint density at radius 2 is 1.90 bits per heavy atom. The molecule has 1 heterocycles. The number of thioether (sulfide) groups is 1. The van der Waals surface area contributed by atoms with Gasteiger partial charge in [-0.1, -0.05) is 17.8 Å². The number of ether oxygens (including phenoxy) is 2. The number of carbonyl (C=O) groups is 1. The van der Waals surface area contributed by atoms with Crippen molar-refractivity contribution >= 4 is 29.0 Å². The number of tetrazole rings is 1. The van der Waals surface area contributed by atoms with Crippen LogP contribution in [0.1, 0.15) is 12.5 Å². The summed E-state index contributed by atoms with van der Waals surface area (Å²) in [6.07, 6.45) is 0. The van der Waals surface area contributed by atoms with Crippen molar-refractivity contribution < 1.29 is 19.2 Å². The predicted molar refractivity (Wildman–Crippen MR) is 114 cm³/mol. The van der Waals surface area contributed by atoms with Gasteiger partial charge in [-0.25, -0.2) is 0 Å². The van der Waals surface area contributed by atoms with Gasteiger partial charge >= 0.3 is 0 Å². The van der Waals surface area contributed by atoms with Crippen molar-refractivity contribution in [2.24, 2.45) is 0 Å². The van der Waals surface area contributed by atoms with Gasteiger partial charge in [0.2, 0.25) is 11.1 Å². The van der Waals surface area contributed by atoms with Crippen LogP contribution in [0.5, 0.6) is 11.5 Å². The number of aryl methyl sites for hydroxylation is 1. The Morgan fingerprint density at radius 3 is 2.58 bits per heavy atom. The highest BCUT2D eigenvalue weighted by atomic mass is 32.2. The second-order valence-electron chi connectivity index (χ2n) is 6.44. The van der Waals surface area contributed by atoms with Gasteiger partial charge in [-0.3, -0.25) is 14.9 Å². The van der Waals surface area contributed by atoms with Crippen LogP contribution in [0.4, 0.5) is 11.4 Å². The molecule has 0 saturated carbocycles. The van der Waals surface area contributed by atoms with Gasteiger partial charge in [0.05, 0.1) is 30.1 Å². The first kappa shape index (κ1) is 22.0. The van der Waals surface area contributed by atoms with Crippen LogP contribution < -0.4 is 14.8 Å². The summed E-state index contributed by atoms with van der Waals surface area (Å²) in [6.45, 7) is 3.61. The quantitative estimate of drug-likeness (QED) is 0.316. The van der Waals surface area contributed by atoms with Gasteiger partial charge < -0.3 is 14.8 Å². The fraction of sp³-hybridized carbons (Fsp3) is 0.263. The van der Waals surface area contributed by atoms with Crippen LogP contribution in [-0.2, 0) is 4.79 Å². The molecule has 0 fully saturated rings. The molecule has 0 saturated heterocycles. The van der Waals surface area contributed by atoms with Crippen LogP contribution >= 0.6 is 11.8 Å². The van der Waals surface area contributed by atoms with Crippen molar-refractivity contribution in [2.75, 3.05) is 19.5 Å². The Labute approximate surface area is 181 Å². The van der Waals surface area contributed by atoms with Crippen molar-refractivity contribution in [2.45, 2.75) is 24.3 Å². The average molecular weight is 444 g/mol. The van der Waals surface area contributed by atoms with Crippen molar-refractivity contribution in [1.82, 2.24) is 20.2 Å². The summed E-state index contributed by atoms with van der Waals surface area (Å²) < 4.78 is 12.1. The molecule has 3 aromatic rings. The van der Waals surface area contributed by atoms with E-state index >= 15 is 0 Å². The first-order valence-electron chi connectivity index (χ1n) is 9.07. The van der Waals surface area contributed by atoms with Gasteiger partial charge in [-0.15, -0.1) is 5.10 Å². The summed E-state index contributed by atoms with van der Waals surface area (Å²) in [5, 5.41) is 25.2. The number of hydrogen-bond acceptors (Lipinski definition) is 9. The maximum Gasteiger partial charge on any atom is 0.271 e. The van der Waals surface area contributed by atoms with Gasteiger partial charge in [0.1, 0.15) is 17.2 Å². The predicted octanol–water partition coefficient (Wildman–Crippen LogP) is 3.02. The molecule has 0 aliphatic heterocycles. The van der Waals surface area contributed by atoms with E-state index in [4.69, 9.17) is 9.47 Å². The number of anilines is 1. The topological polar surface area (TPSA) is 134 Å². The number of methoxy groups -OCH3 is 2. The van der Waals surface area contributed by atoms with E-state index in [1.807, 2.05) is 25.1 Å². The maximum atomic E-state index is 12.8. The lowest BCUT2D eigenvalue weighted by Crippen LogP contribution is -2.23. The lowest BCUT2D eigenvalue weighted by atomic mass is 10.2. The lowest BCUT2D eigenvalue weighted by Gasteiger charge is -2.14. The van der Waals surface area contributed by atoms with E-state index in [-0.39, 0.29) is 11.4 Å². The van der Waals surface area contributed by atoms with Crippen molar-refractivity contribution in [1.29, 1.82) is 0 Å². The number of amides is 1. The fourth-order valence-corrected chi connectivity index (χ4v) is 3.52. The lowest BCUT2D eigenvalue weighted by molar-refractivity contribution is -0.384. The Morgan fingerprint density at radius 1 is 1.19 bits per heavy atom. The molecular formula is C19H20N6O5S. The average Bonchev–Trinajstić information content (AvgIpc) is 3.21. The molecule has 1 aromatic heterocycles. The molecule has 0 aliphatic rings. The highest BCUT2D eigenvalue weighted by Crippen LogP contribution is 2.31. The highest BCUT2D eigenvalue weighted by molar-refractivity contribution is 8.00. The van der Waals surface area contributed by atoms with Crippen LogP contribution in [0.15, 0.2) is 41.6 Å². The first-order chi connectivity index (χ1) is 14.8. The van der Waals surface area contributed by atoms with E-state index in [0.717, 1.165) is 17.3 Å². The van der Waals surface area contributed by atoms with E-state index in [9.17, 15) is 14.9 Å². The minimum atomic E-state index is -0.621. The molecule has 0 spiro atoms. The second kappa shape index (κ2) is 9.43. The van der Waals surface area contributed by atoms with Crippen LogP contribution in [0, 0.1) is 17.0 Å². The van der Waals surface area contributed by atoms with E-state index in [1.54, 1.807) is 14.0 Å². The third kappa shape index (κ3) is 4.91. The summed E-state index contributed by atoms with van der Waals surface area (Å²) >= 11 is 1.13. The molecule has 162 valence electrons. The van der Waals surface area contributed by atoms with E-state index < -0.39 is 16.1 Å². The van der Waals surface area contributed by atoms with Crippen molar-refractivity contribution in [3.8, 4) is 17.2 Å². The summed E-state index contributed by atoms with van der Waals surface area (Å²) in [5.41, 5.74) is 1.68.